The zero-order valence-electron chi connectivity index (χ0n) is 8.49. The average molecular weight is 168 g/mol. The minimum absolute atomic E-state index is 1.50. The molecule has 3 saturated carbocycles. The molecule has 0 nitrogen and oxygen atoms in total. The molecule has 72 valence electrons. The first-order valence-electron chi connectivity index (χ1n) is 6.00. The lowest BCUT2D eigenvalue weighted by Crippen LogP contribution is -1.85. The molecule has 0 saturated heterocycles. The van der Waals surface area contributed by atoms with Crippen LogP contribution in [0.15, 0.2) is 0 Å². The van der Waals surface area contributed by atoms with Gasteiger partial charge >= 0.3 is 0 Å². The Bertz CT molecular complexity index is 61.7. The number of rotatable bonds is 0. The van der Waals surface area contributed by atoms with Gasteiger partial charge in [-0.1, -0.05) is 77.0 Å². The topological polar surface area (TPSA) is 0 Å². The molecule has 0 unspecified atom stereocenters. The summed E-state index contributed by atoms with van der Waals surface area (Å²) in [6.07, 6.45) is 18.0. The zero-order chi connectivity index (χ0) is 8.49. The maximum Gasteiger partial charge on any atom is -0.0533 e. The van der Waals surface area contributed by atoms with E-state index in [1.54, 1.807) is 0 Å². The average Bonchev–Trinajstić information content (AvgIpc) is 2.70. The van der Waals surface area contributed by atoms with Gasteiger partial charge in [-0.15, -0.1) is 0 Å². The molecule has 0 radical (unpaired) electrons. The third-order valence-corrected chi connectivity index (χ3v) is 2.60. The minimum atomic E-state index is 1.50. The van der Waals surface area contributed by atoms with Gasteiger partial charge in [-0.05, 0) is 0 Å². The van der Waals surface area contributed by atoms with Crippen LogP contribution in [0.4, 0.5) is 0 Å². The molecular formula is C12H24. The molecule has 0 bridgehead atoms. The van der Waals surface area contributed by atoms with E-state index in [1.165, 1.54) is 77.0 Å². The fraction of sp³-hybridized carbons (Fsp3) is 1.00. The molecule has 3 aliphatic rings. The predicted octanol–water partition coefficient (Wildman–Crippen LogP) is 4.68. The van der Waals surface area contributed by atoms with Crippen molar-refractivity contribution in [2.45, 2.75) is 77.0 Å². The summed E-state index contributed by atoms with van der Waals surface area (Å²) in [6.45, 7) is 0. The summed E-state index contributed by atoms with van der Waals surface area (Å²) in [5, 5.41) is 0. The molecule has 0 N–H and O–H groups in total. The van der Waals surface area contributed by atoms with Crippen LogP contribution in [0.3, 0.4) is 0 Å². The fourth-order valence-electron chi connectivity index (χ4n) is 1.13. The van der Waals surface area contributed by atoms with Crippen LogP contribution in [-0.4, -0.2) is 0 Å². The van der Waals surface area contributed by atoms with E-state index in [9.17, 15) is 0 Å². The van der Waals surface area contributed by atoms with Crippen LogP contribution >= 0.6 is 0 Å². The van der Waals surface area contributed by atoms with E-state index in [1.807, 2.05) is 0 Å². The Balaban J connectivity index is 0.0000000929. The molecule has 3 fully saturated rings. The highest BCUT2D eigenvalue weighted by Gasteiger charge is 1.96. The number of hydrogen-bond acceptors (Lipinski definition) is 0. The highest BCUT2D eigenvalue weighted by molar-refractivity contribution is 4.51. The van der Waals surface area contributed by atoms with Gasteiger partial charge in [-0.25, -0.2) is 0 Å². The second kappa shape index (κ2) is 7.64. The van der Waals surface area contributed by atoms with Gasteiger partial charge in [-0.2, -0.15) is 0 Å². The number of hydrogen-bond donors (Lipinski definition) is 0. The SMILES string of the molecule is C1CC1.C1CCC1.C1CCCC1. The Morgan fingerprint density at radius 2 is 0.250 bits per heavy atom. The molecule has 3 aliphatic carbocycles. The highest BCUT2D eigenvalue weighted by Crippen LogP contribution is 2.15. The summed E-state index contributed by atoms with van der Waals surface area (Å²) in [5.41, 5.74) is 0. The summed E-state index contributed by atoms with van der Waals surface area (Å²) >= 11 is 0. The smallest absolute Gasteiger partial charge is 0.0533 e. The van der Waals surface area contributed by atoms with Crippen molar-refractivity contribution < 1.29 is 0 Å². The van der Waals surface area contributed by atoms with Gasteiger partial charge in [0.2, 0.25) is 0 Å². The van der Waals surface area contributed by atoms with Crippen LogP contribution in [0, 0.1) is 0 Å². The Labute approximate surface area is 77.7 Å². The van der Waals surface area contributed by atoms with Crippen molar-refractivity contribution in [3.8, 4) is 0 Å². The summed E-state index contributed by atoms with van der Waals surface area (Å²) < 4.78 is 0. The van der Waals surface area contributed by atoms with Gasteiger partial charge in [0.25, 0.3) is 0 Å². The predicted molar refractivity (Wildman–Crippen MR) is 55.4 cm³/mol. The van der Waals surface area contributed by atoms with Crippen LogP contribution in [0.5, 0.6) is 0 Å². The van der Waals surface area contributed by atoms with Gasteiger partial charge in [0, 0.05) is 0 Å². The van der Waals surface area contributed by atoms with Gasteiger partial charge < -0.3 is 0 Å². The van der Waals surface area contributed by atoms with E-state index in [0.29, 0.717) is 0 Å². The Morgan fingerprint density at radius 3 is 0.333 bits per heavy atom. The largest absolute Gasteiger partial charge is 0.0533 e. The summed E-state index contributed by atoms with van der Waals surface area (Å²) in [7, 11) is 0. The zero-order valence-corrected chi connectivity index (χ0v) is 8.49. The molecule has 3 rings (SSSR count). The summed E-state index contributed by atoms with van der Waals surface area (Å²) in [4.78, 5) is 0. The molecular weight excluding hydrogens is 144 g/mol. The molecule has 0 aromatic carbocycles. The molecule has 12 heavy (non-hydrogen) atoms. The van der Waals surface area contributed by atoms with E-state index in [0.717, 1.165) is 0 Å². The van der Waals surface area contributed by atoms with Crippen molar-refractivity contribution in [2.24, 2.45) is 0 Å². The van der Waals surface area contributed by atoms with Crippen molar-refractivity contribution in [1.82, 2.24) is 0 Å². The molecule has 0 spiro atoms. The highest BCUT2D eigenvalue weighted by atomic mass is 14.0. The Hall–Kier alpha value is 0. The first-order chi connectivity index (χ1) is 6.00. The lowest BCUT2D eigenvalue weighted by molar-refractivity contribution is 0.504. The standard InChI is InChI=1S/C5H10.C4H8.C3H6/c1-2-4-5-3-1;1-2-4-3-1;1-2-3-1/h1-5H2;1-4H2;1-3H2. The van der Waals surface area contributed by atoms with E-state index in [4.69, 9.17) is 0 Å². The summed E-state index contributed by atoms with van der Waals surface area (Å²) in [5.74, 6) is 0. The van der Waals surface area contributed by atoms with Crippen molar-refractivity contribution >= 4 is 0 Å². The third kappa shape index (κ3) is 8.10. The first-order valence-corrected chi connectivity index (χ1v) is 6.00. The van der Waals surface area contributed by atoms with E-state index < -0.39 is 0 Å². The first kappa shape index (κ1) is 10.1. The van der Waals surface area contributed by atoms with Crippen LogP contribution in [-0.2, 0) is 0 Å². The Morgan fingerprint density at radius 1 is 0.167 bits per heavy atom. The molecule has 0 aromatic rings. The van der Waals surface area contributed by atoms with Gasteiger partial charge in [0.15, 0.2) is 0 Å². The van der Waals surface area contributed by atoms with E-state index in [-0.39, 0.29) is 0 Å². The van der Waals surface area contributed by atoms with Gasteiger partial charge in [-0.3, -0.25) is 0 Å². The monoisotopic (exact) mass is 168 g/mol. The van der Waals surface area contributed by atoms with Crippen molar-refractivity contribution in [3.63, 3.8) is 0 Å². The fourth-order valence-corrected chi connectivity index (χ4v) is 1.13. The second-order valence-electron chi connectivity index (χ2n) is 4.24. The van der Waals surface area contributed by atoms with Crippen molar-refractivity contribution in [2.75, 3.05) is 0 Å². The molecule has 0 aromatic heterocycles. The van der Waals surface area contributed by atoms with Gasteiger partial charge in [0.05, 0.1) is 0 Å². The molecule has 0 heteroatoms. The second-order valence-corrected chi connectivity index (χ2v) is 4.24. The maximum absolute atomic E-state index is 1.50. The third-order valence-electron chi connectivity index (χ3n) is 2.60. The van der Waals surface area contributed by atoms with Crippen LogP contribution in [0.2, 0.25) is 0 Å². The van der Waals surface area contributed by atoms with E-state index in [2.05, 4.69) is 0 Å². The van der Waals surface area contributed by atoms with Crippen molar-refractivity contribution in [3.05, 3.63) is 0 Å². The maximum atomic E-state index is 1.50. The van der Waals surface area contributed by atoms with Gasteiger partial charge in [0.1, 0.15) is 0 Å². The molecule has 0 heterocycles. The van der Waals surface area contributed by atoms with Crippen LogP contribution in [0.25, 0.3) is 0 Å². The minimum Gasteiger partial charge on any atom is -0.0533 e. The summed E-state index contributed by atoms with van der Waals surface area (Å²) in [6, 6.07) is 0. The van der Waals surface area contributed by atoms with Crippen molar-refractivity contribution in [1.29, 1.82) is 0 Å². The lowest BCUT2D eigenvalue weighted by Gasteiger charge is -2.05. The quantitative estimate of drug-likeness (QED) is 0.492. The van der Waals surface area contributed by atoms with E-state index >= 15 is 0 Å². The molecule has 0 atom stereocenters. The Kier molecular flexibility index (Phi) is 6.42. The molecule has 0 aliphatic heterocycles. The normalized spacial score (nSPS) is 24.0. The van der Waals surface area contributed by atoms with Crippen LogP contribution < -0.4 is 0 Å². The lowest BCUT2D eigenvalue weighted by atomic mass is 10.0. The molecule has 0 amide bonds. The van der Waals surface area contributed by atoms with Crippen LogP contribution in [0.1, 0.15) is 77.0 Å².